The number of urea groups is 1. The highest BCUT2D eigenvalue weighted by Gasteiger charge is 2.26. The number of rotatable bonds is 3. The topological polar surface area (TPSA) is 78.9 Å². The molecule has 1 fully saturated rings. The molecule has 1 aromatic carbocycles. The number of nitrogens with zero attached hydrogens (tertiary/aromatic N) is 1. The second kappa shape index (κ2) is 6.91. The number of anilines is 1. The molecule has 0 radical (unpaired) electrons. The molecule has 0 saturated carbocycles. The zero-order valence-electron chi connectivity index (χ0n) is 11.6. The molecule has 7 heteroatoms. The number of carboxylic acids is 1. The first kappa shape index (κ1) is 15.8. The molecule has 0 aromatic heterocycles. The van der Waals surface area contributed by atoms with Crippen LogP contribution in [0, 0.1) is 0 Å². The minimum Gasteiger partial charge on any atom is -0.478 e. The zero-order chi connectivity index (χ0) is 15.4. The first-order chi connectivity index (χ1) is 10.0. The molecule has 2 N–H and O–H groups in total. The fourth-order valence-corrected chi connectivity index (χ4v) is 2.73. The smallest absolute Gasteiger partial charge is 0.335 e. The molecular weight excluding hydrogens is 340 g/mol. The van der Waals surface area contributed by atoms with E-state index < -0.39 is 5.97 Å². The summed E-state index contributed by atoms with van der Waals surface area (Å²) in [6.07, 6.45) is 0.812. The summed E-state index contributed by atoms with van der Waals surface area (Å²) in [7, 11) is 0. The number of ether oxygens (including phenoxy) is 1. The van der Waals surface area contributed by atoms with Gasteiger partial charge in [0.1, 0.15) is 0 Å². The standard InChI is InChI=1S/C14H17BrN2O4/c1-2-12-8-21-4-3-17(12)14(20)16-11-6-9(13(18)19)5-10(15)7-11/h5-7,12H,2-4,8H2,1H3,(H,16,20)(H,18,19). The third kappa shape index (κ3) is 3.95. The van der Waals surface area contributed by atoms with Crippen LogP contribution in [0.5, 0.6) is 0 Å². The van der Waals surface area contributed by atoms with Gasteiger partial charge in [-0.15, -0.1) is 0 Å². The van der Waals surface area contributed by atoms with Gasteiger partial charge in [0.05, 0.1) is 24.8 Å². The van der Waals surface area contributed by atoms with E-state index in [0.717, 1.165) is 6.42 Å². The Labute approximate surface area is 131 Å². The van der Waals surface area contributed by atoms with Crippen molar-refractivity contribution >= 4 is 33.6 Å². The van der Waals surface area contributed by atoms with Crippen LogP contribution in [-0.2, 0) is 4.74 Å². The highest BCUT2D eigenvalue weighted by Crippen LogP contribution is 2.21. The lowest BCUT2D eigenvalue weighted by atomic mass is 10.2. The number of carbonyl (C=O) groups is 2. The number of hydrogen-bond acceptors (Lipinski definition) is 3. The van der Waals surface area contributed by atoms with Crippen LogP contribution in [0.25, 0.3) is 0 Å². The Morgan fingerprint density at radius 3 is 2.90 bits per heavy atom. The maximum absolute atomic E-state index is 12.3. The quantitative estimate of drug-likeness (QED) is 0.872. The lowest BCUT2D eigenvalue weighted by molar-refractivity contribution is 0.0144. The Bertz CT molecular complexity index is 550. The molecule has 6 nitrogen and oxygen atoms in total. The number of carbonyl (C=O) groups excluding carboxylic acids is 1. The fraction of sp³-hybridized carbons (Fsp3) is 0.429. The number of carboxylic acid groups (broad SMARTS) is 1. The summed E-state index contributed by atoms with van der Waals surface area (Å²) < 4.78 is 5.97. The molecule has 1 aliphatic rings. The van der Waals surface area contributed by atoms with Gasteiger partial charge in [-0.3, -0.25) is 0 Å². The molecular formula is C14H17BrN2O4. The van der Waals surface area contributed by atoms with Crippen LogP contribution in [0.2, 0.25) is 0 Å². The second-order valence-electron chi connectivity index (χ2n) is 4.79. The van der Waals surface area contributed by atoms with Crippen LogP contribution in [0.15, 0.2) is 22.7 Å². The van der Waals surface area contributed by atoms with E-state index in [1.54, 1.807) is 11.0 Å². The van der Waals surface area contributed by atoms with Crippen molar-refractivity contribution < 1.29 is 19.4 Å². The van der Waals surface area contributed by atoms with Crippen LogP contribution in [-0.4, -0.2) is 47.8 Å². The Morgan fingerprint density at radius 2 is 2.24 bits per heavy atom. The SMILES string of the molecule is CCC1COCCN1C(=O)Nc1cc(Br)cc(C(=O)O)c1. The molecule has 1 aromatic rings. The summed E-state index contributed by atoms with van der Waals surface area (Å²) in [5, 5.41) is 11.8. The second-order valence-corrected chi connectivity index (χ2v) is 5.71. The van der Waals surface area contributed by atoms with Crippen LogP contribution in [0.1, 0.15) is 23.7 Å². The number of hydrogen-bond donors (Lipinski definition) is 2. The molecule has 1 unspecified atom stereocenters. The lowest BCUT2D eigenvalue weighted by Gasteiger charge is -2.35. The summed E-state index contributed by atoms with van der Waals surface area (Å²) >= 11 is 3.24. The van der Waals surface area contributed by atoms with Gasteiger partial charge in [0, 0.05) is 16.7 Å². The number of morpholine rings is 1. The minimum atomic E-state index is -1.04. The van der Waals surface area contributed by atoms with Crippen molar-refractivity contribution in [2.45, 2.75) is 19.4 Å². The van der Waals surface area contributed by atoms with Gasteiger partial charge in [-0.25, -0.2) is 9.59 Å². The van der Waals surface area contributed by atoms with E-state index in [1.807, 2.05) is 6.92 Å². The Morgan fingerprint density at radius 1 is 1.48 bits per heavy atom. The van der Waals surface area contributed by atoms with E-state index in [-0.39, 0.29) is 17.6 Å². The van der Waals surface area contributed by atoms with Crippen LogP contribution < -0.4 is 5.32 Å². The van der Waals surface area contributed by atoms with Gasteiger partial charge in [-0.05, 0) is 24.6 Å². The first-order valence-corrected chi connectivity index (χ1v) is 7.49. The van der Waals surface area contributed by atoms with Gasteiger partial charge in [-0.2, -0.15) is 0 Å². The summed E-state index contributed by atoms with van der Waals surface area (Å²) in [5.74, 6) is -1.04. The number of nitrogens with one attached hydrogen (secondary N) is 1. The number of benzene rings is 1. The van der Waals surface area contributed by atoms with Crippen molar-refractivity contribution in [3.8, 4) is 0 Å². The van der Waals surface area contributed by atoms with Crippen LogP contribution >= 0.6 is 15.9 Å². The van der Waals surface area contributed by atoms with Crippen molar-refractivity contribution in [3.63, 3.8) is 0 Å². The molecule has 0 aliphatic carbocycles. The van der Waals surface area contributed by atoms with Crippen molar-refractivity contribution in [2.75, 3.05) is 25.1 Å². The van der Waals surface area contributed by atoms with Gasteiger partial charge in [0.2, 0.25) is 0 Å². The van der Waals surface area contributed by atoms with Crippen LogP contribution in [0.3, 0.4) is 0 Å². The maximum Gasteiger partial charge on any atom is 0.335 e. The third-order valence-corrected chi connectivity index (χ3v) is 3.81. The van der Waals surface area contributed by atoms with Gasteiger partial charge in [0.15, 0.2) is 0 Å². The van der Waals surface area contributed by atoms with Crippen LogP contribution in [0.4, 0.5) is 10.5 Å². The summed E-state index contributed by atoms with van der Waals surface area (Å²) in [4.78, 5) is 25.1. The Hall–Kier alpha value is -1.60. The van der Waals surface area contributed by atoms with Gasteiger partial charge in [0.25, 0.3) is 0 Å². The molecule has 1 heterocycles. The van der Waals surface area contributed by atoms with E-state index in [9.17, 15) is 9.59 Å². The highest BCUT2D eigenvalue weighted by atomic mass is 79.9. The number of halogens is 1. The van der Waals surface area contributed by atoms with Gasteiger partial charge >= 0.3 is 12.0 Å². The third-order valence-electron chi connectivity index (χ3n) is 3.36. The van der Waals surface area contributed by atoms with Gasteiger partial charge < -0.3 is 20.1 Å². The normalized spacial score (nSPS) is 18.4. The van der Waals surface area contributed by atoms with Crippen molar-refractivity contribution in [1.82, 2.24) is 4.90 Å². The lowest BCUT2D eigenvalue weighted by Crippen LogP contribution is -2.50. The molecule has 1 saturated heterocycles. The van der Waals surface area contributed by atoms with E-state index in [0.29, 0.717) is 29.9 Å². The Balaban J connectivity index is 2.13. The van der Waals surface area contributed by atoms with Crippen molar-refractivity contribution in [2.24, 2.45) is 0 Å². The van der Waals surface area contributed by atoms with Crippen molar-refractivity contribution in [3.05, 3.63) is 28.2 Å². The monoisotopic (exact) mass is 356 g/mol. The molecule has 0 bridgehead atoms. The molecule has 21 heavy (non-hydrogen) atoms. The minimum absolute atomic E-state index is 0.0462. The fourth-order valence-electron chi connectivity index (χ4n) is 2.24. The average Bonchev–Trinajstić information content (AvgIpc) is 2.46. The Kier molecular flexibility index (Phi) is 5.19. The predicted molar refractivity (Wildman–Crippen MR) is 81.7 cm³/mol. The van der Waals surface area contributed by atoms with E-state index in [2.05, 4.69) is 21.2 Å². The molecule has 0 spiro atoms. The highest BCUT2D eigenvalue weighted by molar-refractivity contribution is 9.10. The summed E-state index contributed by atoms with van der Waals surface area (Å²) in [5.41, 5.74) is 0.571. The molecule has 1 aliphatic heterocycles. The molecule has 1 atom stereocenters. The van der Waals surface area contributed by atoms with E-state index in [1.165, 1.54) is 12.1 Å². The number of amides is 2. The first-order valence-electron chi connectivity index (χ1n) is 6.70. The average molecular weight is 357 g/mol. The van der Waals surface area contributed by atoms with E-state index in [4.69, 9.17) is 9.84 Å². The maximum atomic E-state index is 12.3. The largest absolute Gasteiger partial charge is 0.478 e. The van der Waals surface area contributed by atoms with E-state index >= 15 is 0 Å². The summed E-state index contributed by atoms with van der Waals surface area (Å²) in [6, 6.07) is 4.41. The van der Waals surface area contributed by atoms with Crippen molar-refractivity contribution in [1.29, 1.82) is 0 Å². The molecule has 2 rings (SSSR count). The number of aromatic carboxylic acids is 1. The summed E-state index contributed by atoms with van der Waals surface area (Å²) in [6.45, 7) is 3.58. The van der Waals surface area contributed by atoms with Gasteiger partial charge in [-0.1, -0.05) is 22.9 Å². The molecule has 2 amide bonds. The predicted octanol–water partition coefficient (Wildman–Crippen LogP) is 2.79. The molecule has 114 valence electrons. The zero-order valence-corrected chi connectivity index (χ0v) is 13.2.